The van der Waals surface area contributed by atoms with E-state index in [1.54, 1.807) is 12.1 Å². The second kappa shape index (κ2) is 5.03. The average molecular weight is 232 g/mol. The monoisotopic (exact) mass is 232 g/mol. The van der Waals surface area contributed by atoms with Gasteiger partial charge in [-0.25, -0.2) is 4.39 Å². The fourth-order valence-corrected chi connectivity index (χ4v) is 2.72. The predicted molar refractivity (Wildman–Crippen MR) is 70.5 cm³/mol. The van der Waals surface area contributed by atoms with Crippen LogP contribution in [0.25, 0.3) is 0 Å². The van der Waals surface area contributed by atoms with Crippen molar-refractivity contribution in [1.29, 1.82) is 0 Å². The summed E-state index contributed by atoms with van der Waals surface area (Å²) >= 11 is 0. The van der Waals surface area contributed by atoms with Gasteiger partial charge in [-0.1, -0.05) is 51.0 Å². The van der Waals surface area contributed by atoms with E-state index in [9.17, 15) is 4.39 Å². The van der Waals surface area contributed by atoms with Gasteiger partial charge in [-0.05, 0) is 36.5 Å². The third kappa shape index (κ3) is 2.77. The number of halogens is 1. The van der Waals surface area contributed by atoms with Gasteiger partial charge in [0.15, 0.2) is 0 Å². The van der Waals surface area contributed by atoms with Crippen LogP contribution in [0.1, 0.15) is 45.1 Å². The summed E-state index contributed by atoms with van der Waals surface area (Å²) in [4.78, 5) is 0. The first-order valence-electron chi connectivity index (χ1n) is 6.58. The molecule has 1 aliphatic carbocycles. The SMILES string of the molecule is CC(C)/C=C/C1(c2ccc(F)cc2)CCCC1. The van der Waals surface area contributed by atoms with E-state index in [1.165, 1.54) is 31.2 Å². The van der Waals surface area contributed by atoms with Gasteiger partial charge in [-0.15, -0.1) is 0 Å². The summed E-state index contributed by atoms with van der Waals surface area (Å²) in [6, 6.07) is 7.06. The molecule has 0 atom stereocenters. The Morgan fingerprint density at radius 2 is 1.71 bits per heavy atom. The molecular formula is C16H21F. The van der Waals surface area contributed by atoms with Crippen molar-refractivity contribution in [2.75, 3.05) is 0 Å². The van der Waals surface area contributed by atoms with Crippen molar-refractivity contribution in [1.82, 2.24) is 0 Å². The van der Waals surface area contributed by atoms with Crippen molar-refractivity contribution >= 4 is 0 Å². The number of rotatable bonds is 3. The number of benzene rings is 1. The first-order valence-corrected chi connectivity index (χ1v) is 6.58. The second-order valence-electron chi connectivity index (χ2n) is 5.47. The van der Waals surface area contributed by atoms with Crippen LogP contribution in [0.2, 0.25) is 0 Å². The molecule has 0 nitrogen and oxygen atoms in total. The van der Waals surface area contributed by atoms with Gasteiger partial charge in [0.1, 0.15) is 5.82 Å². The molecule has 0 heterocycles. The van der Waals surface area contributed by atoms with E-state index in [0.29, 0.717) is 5.92 Å². The molecule has 0 aromatic heterocycles. The molecule has 0 amide bonds. The quantitative estimate of drug-likeness (QED) is 0.653. The third-order valence-electron chi connectivity index (χ3n) is 3.72. The summed E-state index contributed by atoms with van der Waals surface area (Å²) < 4.78 is 13.0. The molecule has 1 aromatic carbocycles. The van der Waals surface area contributed by atoms with E-state index in [2.05, 4.69) is 26.0 Å². The minimum absolute atomic E-state index is 0.144. The van der Waals surface area contributed by atoms with Crippen LogP contribution in [0.5, 0.6) is 0 Å². The highest BCUT2D eigenvalue weighted by Crippen LogP contribution is 2.42. The Balaban J connectivity index is 2.31. The molecule has 2 rings (SSSR count). The van der Waals surface area contributed by atoms with Gasteiger partial charge < -0.3 is 0 Å². The summed E-state index contributed by atoms with van der Waals surface area (Å²) in [6.07, 6.45) is 9.59. The highest BCUT2D eigenvalue weighted by molar-refractivity contribution is 5.32. The van der Waals surface area contributed by atoms with E-state index >= 15 is 0 Å². The summed E-state index contributed by atoms with van der Waals surface area (Å²) in [5.41, 5.74) is 1.44. The standard InChI is InChI=1S/C16H21F/c1-13(2)9-12-16(10-3-4-11-16)14-5-7-15(17)8-6-14/h5-9,12-13H,3-4,10-11H2,1-2H3/b12-9+. The van der Waals surface area contributed by atoms with Crippen LogP contribution in [-0.4, -0.2) is 0 Å². The number of allylic oxidation sites excluding steroid dienone is 2. The lowest BCUT2D eigenvalue weighted by molar-refractivity contribution is 0.549. The van der Waals surface area contributed by atoms with Crippen LogP contribution in [0.15, 0.2) is 36.4 Å². The maximum Gasteiger partial charge on any atom is 0.123 e. The maximum absolute atomic E-state index is 13.0. The molecule has 0 unspecified atom stereocenters. The molecule has 1 aromatic rings. The molecule has 1 fully saturated rings. The van der Waals surface area contributed by atoms with Crippen LogP contribution in [0.4, 0.5) is 4.39 Å². The fourth-order valence-electron chi connectivity index (χ4n) is 2.72. The van der Waals surface area contributed by atoms with E-state index < -0.39 is 0 Å². The summed E-state index contributed by atoms with van der Waals surface area (Å²) in [7, 11) is 0. The lowest BCUT2D eigenvalue weighted by atomic mass is 9.78. The largest absolute Gasteiger partial charge is 0.207 e. The van der Waals surface area contributed by atoms with Gasteiger partial charge in [0.25, 0.3) is 0 Å². The van der Waals surface area contributed by atoms with Crippen LogP contribution in [0, 0.1) is 11.7 Å². The molecule has 92 valence electrons. The normalized spacial score (nSPS) is 19.3. The smallest absolute Gasteiger partial charge is 0.123 e. The molecule has 0 radical (unpaired) electrons. The van der Waals surface area contributed by atoms with Crippen molar-refractivity contribution in [3.63, 3.8) is 0 Å². The molecule has 17 heavy (non-hydrogen) atoms. The van der Waals surface area contributed by atoms with Crippen LogP contribution >= 0.6 is 0 Å². The first-order chi connectivity index (χ1) is 8.12. The Kier molecular flexibility index (Phi) is 3.66. The Bertz CT molecular complexity index is 380. The zero-order chi connectivity index (χ0) is 12.3. The average Bonchev–Trinajstić information content (AvgIpc) is 2.77. The van der Waals surface area contributed by atoms with Crippen molar-refractivity contribution in [3.05, 3.63) is 47.8 Å². The third-order valence-corrected chi connectivity index (χ3v) is 3.72. The Hall–Kier alpha value is -1.11. The fraction of sp³-hybridized carbons (Fsp3) is 0.500. The Morgan fingerprint density at radius 3 is 2.24 bits per heavy atom. The van der Waals surface area contributed by atoms with Gasteiger partial charge in [0.2, 0.25) is 0 Å². The molecular weight excluding hydrogens is 211 g/mol. The molecule has 0 aliphatic heterocycles. The molecule has 1 saturated carbocycles. The van der Waals surface area contributed by atoms with Crippen molar-refractivity contribution in [2.45, 2.75) is 44.9 Å². The van der Waals surface area contributed by atoms with Crippen molar-refractivity contribution < 1.29 is 4.39 Å². The minimum Gasteiger partial charge on any atom is -0.207 e. The highest BCUT2D eigenvalue weighted by atomic mass is 19.1. The molecule has 0 spiro atoms. The van der Waals surface area contributed by atoms with Gasteiger partial charge in [0.05, 0.1) is 0 Å². The molecule has 1 aliphatic rings. The van der Waals surface area contributed by atoms with Gasteiger partial charge in [-0.3, -0.25) is 0 Å². The molecule has 0 saturated heterocycles. The number of hydrogen-bond acceptors (Lipinski definition) is 0. The summed E-state index contributed by atoms with van der Waals surface area (Å²) in [5.74, 6) is 0.433. The Labute approximate surface area is 104 Å². The highest BCUT2D eigenvalue weighted by Gasteiger charge is 2.32. The zero-order valence-electron chi connectivity index (χ0n) is 10.7. The second-order valence-corrected chi connectivity index (χ2v) is 5.47. The Morgan fingerprint density at radius 1 is 1.12 bits per heavy atom. The van der Waals surface area contributed by atoms with Crippen LogP contribution in [-0.2, 0) is 5.41 Å². The van der Waals surface area contributed by atoms with Crippen molar-refractivity contribution in [3.8, 4) is 0 Å². The lowest BCUT2D eigenvalue weighted by Crippen LogP contribution is -2.19. The van der Waals surface area contributed by atoms with Gasteiger partial charge in [0, 0.05) is 5.41 Å². The van der Waals surface area contributed by atoms with Crippen molar-refractivity contribution in [2.24, 2.45) is 5.92 Å². The molecule has 0 N–H and O–H groups in total. The molecule has 0 bridgehead atoms. The minimum atomic E-state index is -0.144. The van der Waals surface area contributed by atoms with E-state index in [1.807, 2.05) is 12.1 Å². The van der Waals surface area contributed by atoms with Crippen LogP contribution < -0.4 is 0 Å². The van der Waals surface area contributed by atoms with E-state index in [-0.39, 0.29) is 11.2 Å². The maximum atomic E-state index is 13.0. The summed E-state index contributed by atoms with van der Waals surface area (Å²) in [6.45, 7) is 4.40. The van der Waals surface area contributed by atoms with Gasteiger partial charge in [-0.2, -0.15) is 0 Å². The number of hydrogen-bond donors (Lipinski definition) is 0. The summed E-state index contributed by atoms with van der Waals surface area (Å²) in [5, 5.41) is 0. The van der Waals surface area contributed by atoms with E-state index in [0.717, 1.165) is 0 Å². The molecule has 1 heteroatoms. The lowest BCUT2D eigenvalue weighted by Gasteiger charge is -2.26. The zero-order valence-corrected chi connectivity index (χ0v) is 10.7. The topological polar surface area (TPSA) is 0 Å². The van der Waals surface area contributed by atoms with Crippen LogP contribution in [0.3, 0.4) is 0 Å². The van der Waals surface area contributed by atoms with Gasteiger partial charge >= 0.3 is 0 Å². The van der Waals surface area contributed by atoms with E-state index in [4.69, 9.17) is 0 Å². The predicted octanol–water partition coefficient (Wildman–Crippen LogP) is 4.85. The first kappa shape index (κ1) is 12.3.